The van der Waals surface area contributed by atoms with Crippen molar-refractivity contribution in [2.45, 2.75) is 20.4 Å². The normalized spacial score (nSPS) is 14.8. The summed E-state index contributed by atoms with van der Waals surface area (Å²) in [6.07, 6.45) is 1.70. The van der Waals surface area contributed by atoms with Gasteiger partial charge in [-0.2, -0.15) is 5.26 Å². The van der Waals surface area contributed by atoms with Crippen molar-refractivity contribution in [2.24, 2.45) is 0 Å². The van der Waals surface area contributed by atoms with Gasteiger partial charge in [0.25, 0.3) is 5.91 Å². The van der Waals surface area contributed by atoms with Gasteiger partial charge in [-0.3, -0.25) is 9.69 Å². The summed E-state index contributed by atoms with van der Waals surface area (Å²) in [5, 5.41) is 12.3. The van der Waals surface area contributed by atoms with Crippen molar-refractivity contribution < 1.29 is 9.59 Å². The molecule has 1 saturated heterocycles. The van der Waals surface area contributed by atoms with Crippen LogP contribution >= 0.6 is 11.6 Å². The number of carbonyl (C=O) groups excluding carboxylic acids is 2. The van der Waals surface area contributed by atoms with Gasteiger partial charge in [0.1, 0.15) is 5.70 Å². The van der Waals surface area contributed by atoms with Crippen molar-refractivity contribution in [1.29, 1.82) is 5.26 Å². The monoisotopic (exact) mass is 430 g/mol. The molecule has 1 N–H and O–H groups in total. The number of nitrogens with one attached hydrogen (secondary N) is 1. The molecular formula is C24H19ClN4O2. The zero-order valence-electron chi connectivity index (χ0n) is 17.0. The van der Waals surface area contributed by atoms with Gasteiger partial charge in [-0.25, -0.2) is 4.79 Å². The first-order valence-electron chi connectivity index (χ1n) is 9.66. The first-order chi connectivity index (χ1) is 14.9. The molecule has 0 unspecified atom stereocenters. The summed E-state index contributed by atoms with van der Waals surface area (Å²) in [4.78, 5) is 26.4. The van der Waals surface area contributed by atoms with Crippen LogP contribution in [-0.4, -0.2) is 21.4 Å². The molecule has 1 aliphatic heterocycles. The first-order valence-corrected chi connectivity index (χ1v) is 10.0. The van der Waals surface area contributed by atoms with Crippen LogP contribution in [-0.2, 0) is 11.3 Å². The summed E-state index contributed by atoms with van der Waals surface area (Å²) < 4.78 is 2.04. The number of halogens is 1. The molecule has 0 spiro atoms. The molecule has 31 heavy (non-hydrogen) atoms. The van der Waals surface area contributed by atoms with E-state index in [2.05, 4.69) is 11.4 Å². The van der Waals surface area contributed by atoms with E-state index in [0.717, 1.165) is 28.2 Å². The highest BCUT2D eigenvalue weighted by molar-refractivity contribution is 6.30. The Hall–Kier alpha value is -3.82. The predicted octanol–water partition coefficient (Wildman–Crippen LogP) is 4.71. The quantitative estimate of drug-likeness (QED) is 0.480. The molecule has 0 bridgehead atoms. The number of rotatable bonds is 4. The average Bonchev–Trinajstić information content (AvgIpc) is 3.19. The molecule has 3 amide bonds. The Labute approximate surface area is 185 Å². The van der Waals surface area contributed by atoms with Crippen molar-refractivity contribution >= 4 is 29.6 Å². The maximum Gasteiger partial charge on any atom is 0.329 e. The minimum atomic E-state index is -0.452. The second-order valence-electron chi connectivity index (χ2n) is 7.33. The van der Waals surface area contributed by atoms with E-state index in [0.29, 0.717) is 10.6 Å². The molecule has 1 aliphatic rings. The topological polar surface area (TPSA) is 78.1 Å². The molecule has 0 aliphatic carbocycles. The first kappa shape index (κ1) is 20.5. The smallest absolute Gasteiger partial charge is 0.318 e. The fourth-order valence-corrected chi connectivity index (χ4v) is 3.79. The highest BCUT2D eigenvalue weighted by Crippen LogP contribution is 2.25. The van der Waals surface area contributed by atoms with Crippen molar-refractivity contribution in [2.75, 3.05) is 0 Å². The number of urea groups is 1. The van der Waals surface area contributed by atoms with Gasteiger partial charge in [-0.15, -0.1) is 0 Å². The summed E-state index contributed by atoms with van der Waals surface area (Å²) in [6.45, 7) is 4.09. The number of benzene rings is 2. The van der Waals surface area contributed by atoms with E-state index in [1.165, 1.54) is 4.90 Å². The van der Waals surface area contributed by atoms with Crippen molar-refractivity contribution in [3.8, 4) is 11.8 Å². The third-order valence-electron chi connectivity index (χ3n) is 5.24. The lowest BCUT2D eigenvalue weighted by Crippen LogP contribution is -2.30. The Morgan fingerprint density at radius 3 is 2.39 bits per heavy atom. The second-order valence-corrected chi connectivity index (χ2v) is 7.76. The maximum atomic E-state index is 12.8. The number of hydrogen-bond acceptors (Lipinski definition) is 3. The Morgan fingerprint density at radius 1 is 1.06 bits per heavy atom. The van der Waals surface area contributed by atoms with Crippen molar-refractivity contribution in [1.82, 2.24) is 14.8 Å². The fraction of sp³-hybridized carbons (Fsp3) is 0.125. The molecular weight excluding hydrogens is 412 g/mol. The van der Waals surface area contributed by atoms with E-state index >= 15 is 0 Å². The lowest BCUT2D eigenvalue weighted by Gasteiger charge is -2.11. The summed E-state index contributed by atoms with van der Waals surface area (Å²) in [5.41, 5.74) is 5.29. The maximum absolute atomic E-state index is 12.8. The number of aromatic nitrogens is 1. The number of amides is 3. The zero-order chi connectivity index (χ0) is 22.1. The molecule has 0 saturated carbocycles. The van der Waals surface area contributed by atoms with Gasteiger partial charge in [0, 0.05) is 22.1 Å². The largest absolute Gasteiger partial charge is 0.329 e. The molecule has 2 aromatic carbocycles. The van der Waals surface area contributed by atoms with Crippen LogP contribution < -0.4 is 5.32 Å². The highest BCUT2D eigenvalue weighted by atomic mass is 35.5. The van der Waals surface area contributed by atoms with E-state index in [-0.39, 0.29) is 18.1 Å². The summed E-state index contributed by atoms with van der Waals surface area (Å²) >= 11 is 5.90. The molecule has 1 fully saturated rings. The van der Waals surface area contributed by atoms with Crippen molar-refractivity contribution in [3.63, 3.8) is 0 Å². The number of hydrogen-bond donors (Lipinski definition) is 1. The van der Waals surface area contributed by atoms with Gasteiger partial charge in [0.05, 0.1) is 18.2 Å². The van der Waals surface area contributed by atoms with Gasteiger partial charge in [-0.05, 0) is 73.5 Å². The van der Waals surface area contributed by atoms with Crippen LogP contribution in [0, 0.1) is 25.2 Å². The Morgan fingerprint density at radius 2 is 1.74 bits per heavy atom. The third kappa shape index (κ3) is 3.96. The van der Waals surface area contributed by atoms with E-state index < -0.39 is 6.03 Å². The number of imide groups is 1. The van der Waals surface area contributed by atoms with E-state index in [9.17, 15) is 9.59 Å². The minimum absolute atomic E-state index is 0.170. The summed E-state index contributed by atoms with van der Waals surface area (Å²) in [7, 11) is 0. The molecule has 6 nitrogen and oxygen atoms in total. The van der Waals surface area contributed by atoms with E-state index in [4.69, 9.17) is 16.9 Å². The zero-order valence-corrected chi connectivity index (χ0v) is 17.8. The van der Waals surface area contributed by atoms with Crippen LogP contribution in [0.3, 0.4) is 0 Å². The van der Waals surface area contributed by atoms with Gasteiger partial charge in [0.15, 0.2) is 0 Å². The fourth-order valence-electron chi connectivity index (χ4n) is 3.66. The van der Waals surface area contributed by atoms with Crippen LogP contribution in [0.2, 0.25) is 5.02 Å². The van der Waals surface area contributed by atoms with Gasteiger partial charge < -0.3 is 9.88 Å². The Bertz CT molecular complexity index is 1250. The molecule has 1 aromatic heterocycles. The molecule has 0 atom stereocenters. The number of aryl methyl sites for hydroxylation is 1. The van der Waals surface area contributed by atoms with Gasteiger partial charge in [-0.1, -0.05) is 23.7 Å². The average molecular weight is 431 g/mol. The highest BCUT2D eigenvalue weighted by Gasteiger charge is 2.33. The van der Waals surface area contributed by atoms with Crippen LogP contribution in [0.5, 0.6) is 0 Å². The van der Waals surface area contributed by atoms with Crippen molar-refractivity contribution in [3.05, 3.63) is 93.4 Å². The molecule has 7 heteroatoms. The summed E-state index contributed by atoms with van der Waals surface area (Å²) in [6, 6.07) is 17.9. The van der Waals surface area contributed by atoms with Crippen LogP contribution in [0.4, 0.5) is 4.79 Å². The lowest BCUT2D eigenvalue weighted by molar-refractivity contribution is -0.123. The predicted molar refractivity (Wildman–Crippen MR) is 118 cm³/mol. The van der Waals surface area contributed by atoms with Crippen LogP contribution in [0.15, 0.2) is 60.3 Å². The lowest BCUT2D eigenvalue weighted by atomic mass is 10.2. The SMILES string of the molecule is Cc1cc(/C=C2/NC(=O)N(Cc3ccc(Cl)cc3)C2=O)c(C)n1-c1ccc(C#N)cc1. The second kappa shape index (κ2) is 8.13. The van der Waals surface area contributed by atoms with Crippen LogP contribution in [0.1, 0.15) is 28.1 Å². The minimum Gasteiger partial charge on any atom is -0.318 e. The number of nitriles is 1. The molecule has 0 radical (unpaired) electrons. The Balaban J connectivity index is 1.61. The van der Waals surface area contributed by atoms with Crippen LogP contribution in [0.25, 0.3) is 11.8 Å². The van der Waals surface area contributed by atoms with E-state index in [1.807, 2.05) is 36.6 Å². The van der Waals surface area contributed by atoms with Gasteiger partial charge in [0.2, 0.25) is 0 Å². The number of carbonyl (C=O) groups is 2. The molecule has 2 heterocycles. The molecule has 4 rings (SSSR count). The Kier molecular flexibility index (Phi) is 5.37. The third-order valence-corrected chi connectivity index (χ3v) is 5.49. The molecule has 154 valence electrons. The number of nitrogens with zero attached hydrogens (tertiary/aromatic N) is 3. The van der Waals surface area contributed by atoms with E-state index in [1.54, 1.807) is 42.5 Å². The molecule has 3 aromatic rings. The van der Waals surface area contributed by atoms with Gasteiger partial charge >= 0.3 is 6.03 Å². The standard InChI is InChI=1S/C24H19ClN4O2/c1-15-11-19(16(2)29(15)21-9-5-17(13-26)6-10-21)12-22-23(30)28(24(31)27-22)14-18-3-7-20(25)8-4-18/h3-12H,14H2,1-2H3,(H,27,31)/b22-12+. The summed E-state index contributed by atoms with van der Waals surface area (Å²) in [5.74, 6) is -0.372.